The Morgan fingerprint density at radius 2 is 1.96 bits per heavy atom. The third kappa shape index (κ3) is 4.10. The second kappa shape index (κ2) is 7.02. The van der Waals surface area contributed by atoms with Gasteiger partial charge in [0.15, 0.2) is 0 Å². The highest BCUT2D eigenvalue weighted by molar-refractivity contribution is 6.07. The number of hydrogen-bond donors (Lipinski definition) is 0. The molecular formula is C19H19F3N4O. The van der Waals surface area contributed by atoms with Crippen LogP contribution >= 0.6 is 0 Å². The molecule has 2 aromatic heterocycles. The molecule has 0 unspecified atom stereocenters. The maximum atomic E-state index is 12.9. The lowest BCUT2D eigenvalue weighted by Crippen LogP contribution is -2.33. The lowest BCUT2D eigenvalue weighted by molar-refractivity contribution is -0.142. The van der Waals surface area contributed by atoms with Gasteiger partial charge in [-0.25, -0.2) is 4.98 Å². The van der Waals surface area contributed by atoms with Crippen LogP contribution in [0.4, 0.5) is 13.2 Å². The standard InChI is InChI=1S/C19H19F3N4O/c1-12(2)25(3)18(27)15-8-17(24-16-7-5-4-6-14(15)16)13-9-23-26(10-13)11-19(20,21)22/h4-10,12H,11H2,1-3H3. The van der Waals surface area contributed by atoms with Crippen LogP contribution < -0.4 is 0 Å². The number of nitrogens with zero attached hydrogens (tertiary/aromatic N) is 4. The van der Waals surface area contributed by atoms with Crippen LogP contribution in [-0.4, -0.2) is 44.8 Å². The van der Waals surface area contributed by atoms with Crippen molar-refractivity contribution in [3.8, 4) is 11.3 Å². The Kier molecular flexibility index (Phi) is 4.91. The Bertz CT molecular complexity index is 978. The zero-order valence-corrected chi connectivity index (χ0v) is 15.2. The predicted molar refractivity (Wildman–Crippen MR) is 96.2 cm³/mol. The van der Waals surface area contributed by atoms with Crippen LogP contribution in [0.3, 0.4) is 0 Å². The Labute approximate surface area is 154 Å². The molecular weight excluding hydrogens is 357 g/mol. The van der Waals surface area contributed by atoms with E-state index >= 15 is 0 Å². The van der Waals surface area contributed by atoms with E-state index in [1.165, 1.54) is 12.4 Å². The average molecular weight is 376 g/mol. The molecule has 0 fully saturated rings. The van der Waals surface area contributed by atoms with Crippen LogP contribution in [-0.2, 0) is 6.54 Å². The van der Waals surface area contributed by atoms with E-state index in [9.17, 15) is 18.0 Å². The Morgan fingerprint density at radius 1 is 1.26 bits per heavy atom. The maximum absolute atomic E-state index is 12.9. The van der Waals surface area contributed by atoms with Crippen LogP contribution in [0.1, 0.15) is 24.2 Å². The molecule has 3 aromatic rings. The summed E-state index contributed by atoms with van der Waals surface area (Å²) in [5.74, 6) is -0.174. The van der Waals surface area contributed by atoms with Gasteiger partial charge in [0.2, 0.25) is 0 Å². The number of pyridine rings is 1. The quantitative estimate of drug-likeness (QED) is 0.688. The fourth-order valence-electron chi connectivity index (χ4n) is 2.69. The first kappa shape index (κ1) is 18.9. The molecule has 8 heteroatoms. The van der Waals surface area contributed by atoms with Crippen molar-refractivity contribution in [1.29, 1.82) is 0 Å². The summed E-state index contributed by atoms with van der Waals surface area (Å²) in [5.41, 5.74) is 1.88. The van der Waals surface area contributed by atoms with Gasteiger partial charge in [-0.1, -0.05) is 18.2 Å². The summed E-state index contributed by atoms with van der Waals surface area (Å²) in [6.45, 7) is 2.63. The van der Waals surface area contributed by atoms with E-state index < -0.39 is 12.7 Å². The van der Waals surface area contributed by atoms with E-state index in [1.54, 1.807) is 36.2 Å². The van der Waals surface area contributed by atoms with Gasteiger partial charge in [-0.3, -0.25) is 9.48 Å². The normalized spacial score (nSPS) is 12.0. The van der Waals surface area contributed by atoms with Crippen LogP contribution in [0.2, 0.25) is 0 Å². The summed E-state index contributed by atoms with van der Waals surface area (Å²) in [6, 6.07) is 8.80. The monoisotopic (exact) mass is 376 g/mol. The van der Waals surface area contributed by atoms with Crippen molar-refractivity contribution in [2.45, 2.75) is 32.6 Å². The SMILES string of the molecule is CC(C)N(C)C(=O)c1cc(-c2cnn(CC(F)(F)F)c2)nc2ccccc12. The summed E-state index contributed by atoms with van der Waals surface area (Å²) in [7, 11) is 1.71. The number of halogens is 3. The first-order valence-electron chi connectivity index (χ1n) is 8.42. The molecule has 3 rings (SSSR count). The van der Waals surface area contributed by atoms with Crippen molar-refractivity contribution in [3.63, 3.8) is 0 Å². The molecule has 0 radical (unpaired) electrons. The van der Waals surface area contributed by atoms with Gasteiger partial charge in [-0.2, -0.15) is 18.3 Å². The Balaban J connectivity index is 2.09. The van der Waals surface area contributed by atoms with Crippen LogP contribution in [0, 0.1) is 0 Å². The van der Waals surface area contributed by atoms with Crippen molar-refractivity contribution in [1.82, 2.24) is 19.7 Å². The molecule has 2 heterocycles. The van der Waals surface area contributed by atoms with Gasteiger partial charge in [-0.15, -0.1) is 0 Å². The third-order valence-corrected chi connectivity index (χ3v) is 4.31. The summed E-state index contributed by atoms with van der Waals surface area (Å²) >= 11 is 0. The molecule has 0 atom stereocenters. The molecule has 0 aliphatic carbocycles. The van der Waals surface area contributed by atoms with Gasteiger partial charge in [0.25, 0.3) is 5.91 Å². The summed E-state index contributed by atoms with van der Waals surface area (Å²) in [6.07, 6.45) is -1.75. The number of fused-ring (bicyclic) bond motifs is 1. The number of carbonyl (C=O) groups is 1. The number of aromatic nitrogens is 3. The second-order valence-corrected chi connectivity index (χ2v) is 6.62. The molecule has 0 saturated carbocycles. The minimum atomic E-state index is -4.36. The highest BCUT2D eigenvalue weighted by Crippen LogP contribution is 2.26. The molecule has 0 N–H and O–H groups in total. The number of para-hydroxylation sites is 1. The molecule has 142 valence electrons. The number of amides is 1. The second-order valence-electron chi connectivity index (χ2n) is 6.62. The van der Waals surface area contributed by atoms with Gasteiger partial charge in [0.05, 0.1) is 23.0 Å². The largest absolute Gasteiger partial charge is 0.408 e. The average Bonchev–Trinajstić information content (AvgIpc) is 3.06. The molecule has 1 aromatic carbocycles. The minimum Gasteiger partial charge on any atom is -0.339 e. The van der Waals surface area contributed by atoms with Gasteiger partial charge >= 0.3 is 6.18 Å². The van der Waals surface area contributed by atoms with Gasteiger partial charge < -0.3 is 4.90 Å². The third-order valence-electron chi connectivity index (χ3n) is 4.31. The molecule has 5 nitrogen and oxygen atoms in total. The molecule has 1 amide bonds. The number of benzene rings is 1. The van der Waals surface area contributed by atoms with E-state index in [0.29, 0.717) is 27.7 Å². The van der Waals surface area contributed by atoms with E-state index in [2.05, 4.69) is 10.1 Å². The van der Waals surface area contributed by atoms with Gasteiger partial charge in [0, 0.05) is 30.2 Å². The zero-order valence-electron chi connectivity index (χ0n) is 15.2. The molecule has 0 saturated heterocycles. The van der Waals surface area contributed by atoms with E-state index in [1.807, 2.05) is 19.9 Å². The molecule has 27 heavy (non-hydrogen) atoms. The van der Waals surface area contributed by atoms with Crippen molar-refractivity contribution in [3.05, 3.63) is 48.3 Å². The van der Waals surface area contributed by atoms with E-state index in [0.717, 1.165) is 4.68 Å². The fourth-order valence-corrected chi connectivity index (χ4v) is 2.69. The highest BCUT2D eigenvalue weighted by atomic mass is 19.4. The molecule has 0 aliphatic rings. The van der Waals surface area contributed by atoms with E-state index in [4.69, 9.17) is 0 Å². The van der Waals surface area contributed by atoms with E-state index in [-0.39, 0.29) is 11.9 Å². The zero-order chi connectivity index (χ0) is 19.8. The minimum absolute atomic E-state index is 0.00223. The van der Waals surface area contributed by atoms with Crippen LogP contribution in [0.25, 0.3) is 22.2 Å². The van der Waals surface area contributed by atoms with Crippen LogP contribution in [0.5, 0.6) is 0 Å². The Hall–Kier alpha value is -2.90. The summed E-state index contributed by atoms with van der Waals surface area (Å²) in [4.78, 5) is 19.0. The summed E-state index contributed by atoms with van der Waals surface area (Å²) < 4.78 is 38.5. The fraction of sp³-hybridized carbons (Fsp3) is 0.316. The Morgan fingerprint density at radius 3 is 2.63 bits per heavy atom. The topological polar surface area (TPSA) is 51.0 Å². The number of alkyl halides is 3. The predicted octanol–water partition coefficient (Wildman–Crippen LogP) is 4.14. The number of hydrogen-bond acceptors (Lipinski definition) is 3. The van der Waals surface area contributed by atoms with Crippen molar-refractivity contribution >= 4 is 16.8 Å². The van der Waals surface area contributed by atoms with Crippen LogP contribution in [0.15, 0.2) is 42.7 Å². The van der Waals surface area contributed by atoms with Gasteiger partial charge in [-0.05, 0) is 26.0 Å². The molecule has 0 aliphatic heterocycles. The number of carbonyl (C=O) groups excluding carboxylic acids is 1. The maximum Gasteiger partial charge on any atom is 0.408 e. The first-order chi connectivity index (χ1) is 12.7. The molecule has 0 bridgehead atoms. The van der Waals surface area contributed by atoms with Crippen molar-refractivity contribution in [2.75, 3.05) is 7.05 Å². The molecule has 0 spiro atoms. The smallest absolute Gasteiger partial charge is 0.339 e. The number of rotatable bonds is 4. The first-order valence-corrected chi connectivity index (χ1v) is 8.42. The summed E-state index contributed by atoms with van der Waals surface area (Å²) in [5, 5.41) is 4.45. The lowest BCUT2D eigenvalue weighted by Gasteiger charge is -2.22. The lowest BCUT2D eigenvalue weighted by atomic mass is 10.0. The van der Waals surface area contributed by atoms with Crippen molar-refractivity contribution in [2.24, 2.45) is 0 Å². The van der Waals surface area contributed by atoms with Crippen molar-refractivity contribution < 1.29 is 18.0 Å². The van der Waals surface area contributed by atoms with Gasteiger partial charge in [0.1, 0.15) is 6.54 Å². The highest BCUT2D eigenvalue weighted by Gasteiger charge is 2.28.